The van der Waals surface area contributed by atoms with E-state index in [0.29, 0.717) is 17.1 Å². The van der Waals surface area contributed by atoms with Gasteiger partial charge in [-0.1, -0.05) is 6.58 Å². The molecule has 0 aliphatic rings. The molecule has 0 spiro atoms. The second-order valence-corrected chi connectivity index (χ2v) is 4.48. The van der Waals surface area contributed by atoms with Crippen LogP contribution in [-0.4, -0.2) is 10.2 Å². The average Bonchev–Trinajstić information content (AvgIpc) is 2.19. The summed E-state index contributed by atoms with van der Waals surface area (Å²) in [5, 5.41) is 8.89. The molecule has 0 saturated carbocycles. The van der Waals surface area contributed by atoms with Gasteiger partial charge < -0.3 is 11.5 Å². The van der Waals surface area contributed by atoms with Crippen LogP contribution < -0.4 is 11.5 Å². The van der Waals surface area contributed by atoms with E-state index in [1.807, 2.05) is 19.1 Å². The minimum atomic E-state index is 0.324. The molecule has 16 heavy (non-hydrogen) atoms. The highest BCUT2D eigenvalue weighted by molar-refractivity contribution is 9.10. The molecule has 0 aliphatic heterocycles. The van der Waals surface area contributed by atoms with Gasteiger partial charge >= 0.3 is 0 Å². The number of fused-ring (bicyclic) bond motifs is 1. The Kier molecular flexibility index (Phi) is 2.55. The van der Waals surface area contributed by atoms with Crippen LogP contribution >= 0.6 is 15.9 Å². The maximum absolute atomic E-state index is 5.99. The maximum Gasteiger partial charge on any atom is 0.132 e. The van der Waals surface area contributed by atoms with E-state index in [4.69, 9.17) is 11.5 Å². The lowest BCUT2D eigenvalue weighted by Gasteiger charge is -2.08. The average molecular weight is 279 g/mol. The second kappa shape index (κ2) is 3.75. The van der Waals surface area contributed by atoms with Crippen molar-refractivity contribution in [1.29, 1.82) is 0 Å². The van der Waals surface area contributed by atoms with E-state index >= 15 is 0 Å². The third-order valence-corrected chi connectivity index (χ3v) is 2.91. The van der Waals surface area contributed by atoms with Gasteiger partial charge in [0.1, 0.15) is 11.2 Å². The number of nitrogens with zero attached hydrogens (tertiary/aromatic N) is 2. The largest absolute Gasteiger partial charge is 0.397 e. The Hall–Kier alpha value is -1.62. The summed E-state index contributed by atoms with van der Waals surface area (Å²) in [6.45, 7) is 5.61. The second-order valence-electron chi connectivity index (χ2n) is 3.63. The zero-order chi connectivity index (χ0) is 11.9. The van der Waals surface area contributed by atoms with Gasteiger partial charge in [-0.05, 0) is 40.5 Å². The molecule has 1 aromatic heterocycles. The molecular formula is C11H11BrN4. The van der Waals surface area contributed by atoms with Gasteiger partial charge in [-0.25, -0.2) is 0 Å². The van der Waals surface area contributed by atoms with E-state index in [9.17, 15) is 0 Å². The third-order valence-electron chi connectivity index (χ3n) is 2.31. The van der Waals surface area contributed by atoms with Crippen LogP contribution in [0.15, 0.2) is 23.2 Å². The van der Waals surface area contributed by atoms with Crippen LogP contribution in [0.25, 0.3) is 16.6 Å². The molecule has 0 amide bonds. The number of hydrogen-bond donors (Lipinski definition) is 2. The Bertz CT molecular complexity index is 592. The van der Waals surface area contributed by atoms with Gasteiger partial charge in [0.2, 0.25) is 0 Å². The summed E-state index contributed by atoms with van der Waals surface area (Å²) in [6.07, 6.45) is 0. The van der Waals surface area contributed by atoms with Crippen LogP contribution in [0.1, 0.15) is 11.3 Å². The molecule has 0 atom stereocenters. The number of nitrogen functional groups attached to an aromatic ring is 1. The highest BCUT2D eigenvalue weighted by Crippen LogP contribution is 2.29. The van der Waals surface area contributed by atoms with Crippen molar-refractivity contribution < 1.29 is 0 Å². The lowest BCUT2D eigenvalue weighted by Crippen LogP contribution is -2.05. The topological polar surface area (TPSA) is 77.8 Å². The number of aryl methyl sites for hydroxylation is 1. The van der Waals surface area contributed by atoms with Crippen molar-refractivity contribution in [2.45, 2.75) is 6.92 Å². The monoisotopic (exact) mass is 278 g/mol. The third kappa shape index (κ3) is 1.63. The zero-order valence-electron chi connectivity index (χ0n) is 8.79. The number of hydrogen-bond acceptors (Lipinski definition) is 4. The summed E-state index contributed by atoms with van der Waals surface area (Å²) in [5.74, 6) is 0. The first-order valence-electron chi connectivity index (χ1n) is 4.67. The standard InChI is InChI=1S/C11H11BrN4/c1-5-3-7-9(14)10(6(2)13)15-16-11(7)8(12)4-5/h3-4H,2,13H2,1H3,(H2,14,16). The van der Waals surface area contributed by atoms with Gasteiger partial charge in [0.05, 0.1) is 11.4 Å². The summed E-state index contributed by atoms with van der Waals surface area (Å²) < 4.78 is 0.871. The Labute approximate surface area is 101 Å². The first-order valence-corrected chi connectivity index (χ1v) is 5.46. The molecule has 5 heteroatoms. The predicted octanol–water partition coefficient (Wildman–Crippen LogP) is 2.21. The highest BCUT2D eigenvalue weighted by atomic mass is 79.9. The number of rotatable bonds is 1. The number of benzene rings is 1. The van der Waals surface area contributed by atoms with Crippen molar-refractivity contribution in [3.63, 3.8) is 0 Å². The zero-order valence-corrected chi connectivity index (χ0v) is 10.4. The Morgan fingerprint density at radius 1 is 1.38 bits per heavy atom. The predicted molar refractivity (Wildman–Crippen MR) is 69.6 cm³/mol. The molecule has 2 aromatic rings. The highest BCUT2D eigenvalue weighted by Gasteiger charge is 2.11. The summed E-state index contributed by atoms with van der Waals surface area (Å²) in [6, 6.07) is 3.92. The van der Waals surface area contributed by atoms with Gasteiger partial charge in [0.25, 0.3) is 0 Å². The summed E-state index contributed by atoms with van der Waals surface area (Å²) in [7, 11) is 0. The van der Waals surface area contributed by atoms with Gasteiger partial charge in [-0.3, -0.25) is 0 Å². The molecule has 4 N–H and O–H groups in total. The normalized spacial score (nSPS) is 10.6. The molecular weight excluding hydrogens is 268 g/mol. The summed E-state index contributed by atoms with van der Waals surface area (Å²) in [4.78, 5) is 0. The quantitative estimate of drug-likeness (QED) is 0.839. The van der Waals surface area contributed by atoms with Crippen LogP contribution in [0.5, 0.6) is 0 Å². The Balaban J connectivity index is 2.89. The Morgan fingerprint density at radius 2 is 2.06 bits per heavy atom. The van der Waals surface area contributed by atoms with Crippen LogP contribution in [-0.2, 0) is 0 Å². The molecule has 82 valence electrons. The van der Waals surface area contributed by atoms with E-state index < -0.39 is 0 Å². The van der Waals surface area contributed by atoms with E-state index in [1.165, 1.54) is 0 Å². The van der Waals surface area contributed by atoms with Gasteiger partial charge in [0, 0.05) is 9.86 Å². The van der Waals surface area contributed by atoms with Gasteiger partial charge in [-0.15, -0.1) is 10.2 Å². The van der Waals surface area contributed by atoms with Crippen LogP contribution in [0.2, 0.25) is 0 Å². The number of halogens is 1. The van der Waals surface area contributed by atoms with E-state index in [-0.39, 0.29) is 0 Å². The van der Waals surface area contributed by atoms with Crippen molar-refractivity contribution in [2.75, 3.05) is 5.73 Å². The van der Waals surface area contributed by atoms with E-state index in [1.54, 1.807) is 0 Å². The molecule has 0 unspecified atom stereocenters. The Morgan fingerprint density at radius 3 is 2.69 bits per heavy atom. The van der Waals surface area contributed by atoms with Gasteiger partial charge in [0.15, 0.2) is 0 Å². The molecule has 4 nitrogen and oxygen atoms in total. The fraction of sp³-hybridized carbons (Fsp3) is 0.0909. The number of nitrogens with two attached hydrogens (primary N) is 2. The smallest absolute Gasteiger partial charge is 0.132 e. The van der Waals surface area contributed by atoms with Crippen molar-refractivity contribution in [3.8, 4) is 0 Å². The molecule has 1 aromatic carbocycles. The van der Waals surface area contributed by atoms with Gasteiger partial charge in [-0.2, -0.15) is 0 Å². The minimum Gasteiger partial charge on any atom is -0.397 e. The molecule has 0 saturated heterocycles. The first kappa shape index (κ1) is 10.9. The molecule has 2 rings (SSSR count). The SMILES string of the molecule is C=C(N)c1nnc2c(Br)cc(C)cc2c1N. The molecule has 0 aliphatic carbocycles. The minimum absolute atomic E-state index is 0.324. The number of anilines is 1. The fourth-order valence-corrected chi connectivity index (χ4v) is 2.21. The van der Waals surface area contributed by atoms with Crippen LogP contribution in [0.3, 0.4) is 0 Å². The van der Waals surface area contributed by atoms with Crippen LogP contribution in [0.4, 0.5) is 5.69 Å². The van der Waals surface area contributed by atoms with Crippen LogP contribution in [0, 0.1) is 6.92 Å². The van der Waals surface area contributed by atoms with Crippen molar-refractivity contribution in [1.82, 2.24) is 10.2 Å². The van der Waals surface area contributed by atoms with E-state index in [2.05, 4.69) is 32.7 Å². The number of aromatic nitrogens is 2. The first-order chi connectivity index (χ1) is 7.50. The lowest BCUT2D eigenvalue weighted by atomic mass is 10.1. The summed E-state index contributed by atoms with van der Waals surface area (Å²) >= 11 is 3.43. The lowest BCUT2D eigenvalue weighted by molar-refractivity contribution is 1.05. The summed E-state index contributed by atoms with van der Waals surface area (Å²) in [5.41, 5.74) is 14.7. The maximum atomic E-state index is 5.99. The molecule has 1 heterocycles. The van der Waals surface area contributed by atoms with Crippen molar-refractivity contribution >= 4 is 38.2 Å². The molecule has 0 fully saturated rings. The molecule has 0 radical (unpaired) electrons. The van der Waals surface area contributed by atoms with Crippen molar-refractivity contribution in [3.05, 3.63) is 34.4 Å². The molecule has 0 bridgehead atoms. The van der Waals surface area contributed by atoms with Crippen molar-refractivity contribution in [2.24, 2.45) is 5.73 Å². The van der Waals surface area contributed by atoms with E-state index in [0.717, 1.165) is 20.9 Å². The fourth-order valence-electron chi connectivity index (χ4n) is 1.56.